The van der Waals surface area contributed by atoms with Gasteiger partial charge in [0.1, 0.15) is 11.8 Å². The molecule has 1 N–H and O–H groups in total. The Balaban J connectivity index is 2.32. The highest BCUT2D eigenvalue weighted by Crippen LogP contribution is 2.20. The van der Waals surface area contributed by atoms with E-state index in [1.54, 1.807) is 19.2 Å². The van der Waals surface area contributed by atoms with Crippen molar-refractivity contribution in [2.24, 2.45) is 0 Å². The van der Waals surface area contributed by atoms with E-state index in [9.17, 15) is 18.0 Å². The Morgan fingerprint density at radius 3 is 2.14 bits per heavy atom. The van der Waals surface area contributed by atoms with Gasteiger partial charge in [-0.15, -0.1) is 0 Å². The number of rotatable bonds is 12. The Kier molecular flexibility index (Phi) is 10.5. The van der Waals surface area contributed by atoms with E-state index in [1.165, 1.54) is 36.2 Å². The third-order valence-electron chi connectivity index (χ3n) is 5.78. The van der Waals surface area contributed by atoms with Gasteiger partial charge in [0.2, 0.25) is 21.8 Å². The van der Waals surface area contributed by atoms with E-state index in [1.807, 2.05) is 32.9 Å². The summed E-state index contributed by atoms with van der Waals surface area (Å²) in [6.07, 6.45) is 1.12. The zero-order valence-electron chi connectivity index (χ0n) is 20.8. The number of carbonyl (C=O) groups is 2. The van der Waals surface area contributed by atoms with Crippen molar-refractivity contribution in [3.8, 4) is 5.75 Å². The van der Waals surface area contributed by atoms with Crippen LogP contribution >= 0.6 is 11.6 Å². The maximum Gasteiger partial charge on any atom is 0.243 e. The Morgan fingerprint density at radius 1 is 1.03 bits per heavy atom. The summed E-state index contributed by atoms with van der Waals surface area (Å²) in [6, 6.07) is 12.1. The molecular formula is C25H34ClN3O5S. The molecule has 0 unspecified atom stereocenters. The van der Waals surface area contributed by atoms with Crippen LogP contribution in [-0.2, 0) is 26.2 Å². The summed E-state index contributed by atoms with van der Waals surface area (Å²) in [7, 11) is -1.03. The molecule has 0 aliphatic rings. The highest BCUT2D eigenvalue weighted by Gasteiger charge is 2.32. The van der Waals surface area contributed by atoms with Gasteiger partial charge in [-0.2, -0.15) is 4.31 Å². The highest BCUT2D eigenvalue weighted by atomic mass is 35.5. The third-order valence-corrected chi connectivity index (χ3v) is 7.85. The first-order valence-corrected chi connectivity index (χ1v) is 13.3. The molecule has 0 bridgehead atoms. The highest BCUT2D eigenvalue weighted by molar-refractivity contribution is 7.89. The van der Waals surface area contributed by atoms with Gasteiger partial charge in [0.15, 0.2) is 0 Å². The molecule has 0 aliphatic carbocycles. The van der Waals surface area contributed by atoms with E-state index in [-0.39, 0.29) is 23.4 Å². The van der Waals surface area contributed by atoms with Crippen LogP contribution in [0.5, 0.6) is 5.75 Å². The fourth-order valence-electron chi connectivity index (χ4n) is 3.44. The molecule has 0 saturated heterocycles. The van der Waals surface area contributed by atoms with Gasteiger partial charge in [-0.1, -0.05) is 37.6 Å². The van der Waals surface area contributed by atoms with Crippen molar-refractivity contribution < 1.29 is 22.7 Å². The Morgan fingerprint density at radius 2 is 1.63 bits per heavy atom. The molecule has 2 aromatic carbocycles. The minimum absolute atomic E-state index is 0.0282. The van der Waals surface area contributed by atoms with Crippen molar-refractivity contribution >= 4 is 33.4 Å². The lowest BCUT2D eigenvalue weighted by Crippen LogP contribution is -2.53. The van der Waals surface area contributed by atoms with Crippen LogP contribution in [0.15, 0.2) is 53.4 Å². The number of nitrogens with zero attached hydrogens (tertiary/aromatic N) is 2. The average Bonchev–Trinajstić information content (AvgIpc) is 2.84. The third kappa shape index (κ3) is 7.68. The van der Waals surface area contributed by atoms with Crippen LogP contribution in [0.25, 0.3) is 0 Å². The lowest BCUT2D eigenvalue weighted by molar-refractivity contribution is -0.141. The van der Waals surface area contributed by atoms with Gasteiger partial charge in [0, 0.05) is 24.7 Å². The molecule has 35 heavy (non-hydrogen) atoms. The van der Waals surface area contributed by atoms with Gasteiger partial charge in [0.25, 0.3) is 0 Å². The predicted molar refractivity (Wildman–Crippen MR) is 137 cm³/mol. The first-order chi connectivity index (χ1) is 16.5. The van der Waals surface area contributed by atoms with Crippen LogP contribution in [0.2, 0.25) is 5.02 Å². The van der Waals surface area contributed by atoms with Gasteiger partial charge in [-0.05, 0) is 61.7 Å². The van der Waals surface area contributed by atoms with Crippen molar-refractivity contribution in [1.82, 2.24) is 14.5 Å². The van der Waals surface area contributed by atoms with Crippen molar-refractivity contribution in [3.05, 3.63) is 59.1 Å². The topological polar surface area (TPSA) is 96.0 Å². The number of nitrogens with one attached hydrogen (secondary N) is 1. The molecule has 0 heterocycles. The SMILES string of the molecule is CC[C@@H](C)NC(=O)[C@H](CC)N(Cc1ccc(OC)cc1)C(=O)CN(C)S(=O)(=O)c1ccc(Cl)cc1. The van der Waals surface area contributed by atoms with Gasteiger partial charge in [-0.25, -0.2) is 8.42 Å². The predicted octanol–water partition coefficient (Wildman–Crippen LogP) is 3.69. The lowest BCUT2D eigenvalue weighted by Gasteiger charge is -2.32. The van der Waals surface area contributed by atoms with Crippen LogP contribution in [-0.4, -0.2) is 62.2 Å². The van der Waals surface area contributed by atoms with Gasteiger partial charge < -0.3 is 15.0 Å². The normalized spacial score (nSPS) is 13.2. The van der Waals surface area contributed by atoms with Crippen LogP contribution < -0.4 is 10.1 Å². The van der Waals surface area contributed by atoms with Gasteiger partial charge in [-0.3, -0.25) is 9.59 Å². The molecule has 10 heteroatoms. The van der Waals surface area contributed by atoms with E-state index in [0.717, 1.165) is 16.3 Å². The number of amides is 2. The first-order valence-electron chi connectivity index (χ1n) is 11.5. The average molecular weight is 524 g/mol. The number of benzene rings is 2. The summed E-state index contributed by atoms with van der Waals surface area (Å²) in [6.45, 7) is 5.40. The second-order valence-electron chi connectivity index (χ2n) is 8.33. The summed E-state index contributed by atoms with van der Waals surface area (Å²) >= 11 is 5.88. The second-order valence-corrected chi connectivity index (χ2v) is 10.8. The van der Waals surface area contributed by atoms with Crippen molar-refractivity contribution in [2.45, 2.75) is 57.1 Å². The number of sulfonamides is 1. The second kappa shape index (κ2) is 12.9. The molecule has 0 spiro atoms. The monoisotopic (exact) mass is 523 g/mol. The zero-order valence-corrected chi connectivity index (χ0v) is 22.4. The van der Waals surface area contributed by atoms with Crippen molar-refractivity contribution in [2.75, 3.05) is 20.7 Å². The van der Waals surface area contributed by atoms with E-state index >= 15 is 0 Å². The zero-order chi connectivity index (χ0) is 26.2. The summed E-state index contributed by atoms with van der Waals surface area (Å²) < 4.78 is 32.2. The fraction of sp³-hybridized carbons (Fsp3) is 0.440. The maximum atomic E-state index is 13.5. The van der Waals surface area contributed by atoms with Crippen LogP contribution in [0.1, 0.15) is 39.2 Å². The van der Waals surface area contributed by atoms with E-state index in [0.29, 0.717) is 17.2 Å². The number of ether oxygens (including phenoxy) is 1. The van der Waals surface area contributed by atoms with E-state index < -0.39 is 28.5 Å². The Hall–Kier alpha value is -2.62. The quantitative estimate of drug-likeness (QED) is 0.457. The molecule has 8 nitrogen and oxygen atoms in total. The maximum absolute atomic E-state index is 13.5. The molecule has 2 atom stereocenters. The smallest absolute Gasteiger partial charge is 0.243 e. The standard InChI is InChI=1S/C25H34ClN3O5S/c1-6-18(3)27-25(31)23(7-2)29(16-19-8-12-21(34-5)13-9-19)24(30)17-28(4)35(32,33)22-14-10-20(26)11-15-22/h8-15,18,23H,6-7,16-17H2,1-5H3,(H,27,31)/t18-,23+/m1/s1. The molecule has 0 saturated carbocycles. The molecule has 0 aromatic heterocycles. The largest absolute Gasteiger partial charge is 0.497 e. The molecule has 0 radical (unpaired) electrons. The molecule has 192 valence electrons. The van der Waals surface area contributed by atoms with Crippen LogP contribution in [0.4, 0.5) is 0 Å². The van der Waals surface area contributed by atoms with Crippen molar-refractivity contribution in [1.29, 1.82) is 0 Å². The number of hydrogen-bond donors (Lipinski definition) is 1. The Bertz CT molecular complexity index is 1090. The minimum atomic E-state index is -3.93. The van der Waals surface area contributed by atoms with E-state index in [4.69, 9.17) is 16.3 Å². The first kappa shape index (κ1) is 28.6. The van der Waals surface area contributed by atoms with Gasteiger partial charge >= 0.3 is 0 Å². The number of methoxy groups -OCH3 is 1. The van der Waals surface area contributed by atoms with Crippen molar-refractivity contribution in [3.63, 3.8) is 0 Å². The lowest BCUT2D eigenvalue weighted by atomic mass is 10.1. The summed E-state index contributed by atoms with van der Waals surface area (Å²) in [5.41, 5.74) is 0.789. The van der Waals surface area contributed by atoms with Gasteiger partial charge in [0.05, 0.1) is 18.6 Å². The fourth-order valence-corrected chi connectivity index (χ4v) is 4.69. The summed E-state index contributed by atoms with van der Waals surface area (Å²) in [5.74, 6) is -0.0825. The molecule has 2 aromatic rings. The molecule has 0 aliphatic heterocycles. The van der Waals surface area contributed by atoms with E-state index in [2.05, 4.69) is 5.32 Å². The molecule has 2 amide bonds. The number of hydrogen-bond acceptors (Lipinski definition) is 5. The number of likely N-dealkylation sites (N-methyl/N-ethyl adjacent to an activating group) is 1. The van der Waals surface area contributed by atoms with Crippen LogP contribution in [0.3, 0.4) is 0 Å². The summed E-state index contributed by atoms with van der Waals surface area (Å²) in [5, 5.41) is 3.35. The Labute approximate surface area is 213 Å². The van der Waals surface area contributed by atoms with Crippen LogP contribution in [0, 0.1) is 0 Å². The summed E-state index contributed by atoms with van der Waals surface area (Å²) in [4.78, 5) is 28.0. The number of halogens is 1. The minimum Gasteiger partial charge on any atom is -0.497 e. The molecular weight excluding hydrogens is 490 g/mol. The molecule has 2 rings (SSSR count). The molecule has 0 fully saturated rings. The number of carbonyl (C=O) groups excluding carboxylic acids is 2.